The molecule has 22 nitrogen and oxygen atoms in total. The van der Waals surface area contributed by atoms with Gasteiger partial charge in [0.2, 0.25) is 18.1 Å². The zero-order chi connectivity index (χ0) is 58.5. The number of hydrogen-bond acceptors (Lipinski definition) is 16. The number of aromatic nitrogens is 1. The molecule has 3 aromatic rings. The normalized spacial score (nSPS) is 23.5. The molecule has 2 aliphatic rings. The number of amides is 4. The van der Waals surface area contributed by atoms with E-state index in [4.69, 9.17) is 19.9 Å². The summed E-state index contributed by atoms with van der Waals surface area (Å²) >= 11 is 1.13. The number of quaternary nitrogens is 1. The number of nitrogens with one attached hydrogen (secondary N) is 3. The summed E-state index contributed by atoms with van der Waals surface area (Å²) < 4.78 is 17.5. The third-order valence-corrected chi connectivity index (χ3v) is 16.0. The van der Waals surface area contributed by atoms with Crippen LogP contribution in [-0.2, 0) is 51.2 Å². The molecule has 13 atom stereocenters. The predicted molar refractivity (Wildman–Crippen MR) is 292 cm³/mol. The third-order valence-electron chi connectivity index (χ3n) is 15.1. The van der Waals surface area contributed by atoms with Crippen LogP contribution in [0.4, 0.5) is 5.69 Å². The summed E-state index contributed by atoms with van der Waals surface area (Å²) in [5, 5.41) is 61.4. The Hall–Kier alpha value is -6.08. The van der Waals surface area contributed by atoms with Gasteiger partial charge in [0.1, 0.15) is 47.3 Å². The number of carboxylic acids is 2. The maximum Gasteiger partial charge on any atom is 0.335 e. The highest BCUT2D eigenvalue weighted by atomic mass is 32.1. The predicted octanol–water partition coefficient (Wildman–Crippen LogP) is 4.00. The number of aliphatic carboxylic acids is 2. The first kappa shape index (κ1) is 63.7. The van der Waals surface area contributed by atoms with Crippen molar-refractivity contribution in [3.05, 3.63) is 75.7 Å². The summed E-state index contributed by atoms with van der Waals surface area (Å²) in [5.41, 5.74) is 7.42. The molecule has 7 unspecified atom stereocenters. The van der Waals surface area contributed by atoms with Crippen molar-refractivity contribution in [2.75, 3.05) is 32.5 Å². The van der Waals surface area contributed by atoms with Crippen molar-refractivity contribution in [1.29, 1.82) is 0 Å². The Kier molecular flexibility index (Phi) is 23.3. The molecule has 4 amide bonds. The van der Waals surface area contributed by atoms with Crippen LogP contribution in [0.2, 0.25) is 0 Å². The lowest BCUT2D eigenvalue weighted by Gasteiger charge is -2.44. The molecule has 23 heteroatoms. The van der Waals surface area contributed by atoms with Gasteiger partial charge in [-0.3, -0.25) is 28.8 Å². The van der Waals surface area contributed by atoms with Gasteiger partial charge in [0.15, 0.2) is 18.2 Å². The van der Waals surface area contributed by atoms with Crippen LogP contribution in [0.1, 0.15) is 126 Å². The van der Waals surface area contributed by atoms with E-state index in [9.17, 15) is 59.1 Å². The van der Waals surface area contributed by atoms with E-state index in [1.165, 1.54) is 6.07 Å². The van der Waals surface area contributed by atoms with Gasteiger partial charge in [0, 0.05) is 55.9 Å². The maximum absolute atomic E-state index is 15.0. The quantitative estimate of drug-likeness (QED) is 0.0385. The fraction of sp³-hybridized carbons (Fsp3) is 0.607. The number of carboxylic acid groups (broad SMARTS) is 2. The van der Waals surface area contributed by atoms with E-state index in [-0.39, 0.29) is 77.6 Å². The van der Waals surface area contributed by atoms with E-state index in [0.29, 0.717) is 36.4 Å². The second-order valence-electron chi connectivity index (χ2n) is 22.0. The summed E-state index contributed by atoms with van der Waals surface area (Å²) in [6.45, 7) is 13.6. The molecule has 3 heterocycles. The Bertz CT molecular complexity index is 2570. The lowest BCUT2D eigenvalue weighted by atomic mass is 9.92. The third kappa shape index (κ3) is 17.0. The van der Waals surface area contributed by atoms with Crippen LogP contribution in [-0.4, -0.2) is 163 Å². The minimum absolute atomic E-state index is 0.0243. The molecule has 5 rings (SSSR count). The van der Waals surface area contributed by atoms with E-state index in [2.05, 4.69) is 20.9 Å². The second kappa shape index (κ2) is 28.9. The van der Waals surface area contributed by atoms with E-state index < -0.39 is 103 Å². The Morgan fingerprint density at radius 3 is 2.23 bits per heavy atom. The van der Waals surface area contributed by atoms with Gasteiger partial charge in [-0.05, 0) is 61.3 Å². The van der Waals surface area contributed by atoms with Crippen LogP contribution in [0, 0.1) is 23.7 Å². The van der Waals surface area contributed by atoms with Crippen molar-refractivity contribution >= 4 is 58.6 Å². The van der Waals surface area contributed by atoms with Crippen molar-refractivity contribution in [3.63, 3.8) is 0 Å². The highest BCUT2D eigenvalue weighted by Crippen LogP contribution is 2.35. The first-order valence-corrected chi connectivity index (χ1v) is 28.0. The molecule has 2 aliphatic heterocycles. The van der Waals surface area contributed by atoms with Crippen LogP contribution >= 0.6 is 11.3 Å². The smallest absolute Gasteiger partial charge is 0.335 e. The Balaban J connectivity index is 1.37. The lowest BCUT2D eigenvalue weighted by Crippen LogP contribution is -2.63. The number of anilines is 1. The number of likely N-dealkylation sites (tertiary alicyclic amines) is 1. The first-order valence-electron chi connectivity index (χ1n) is 27.2. The highest BCUT2D eigenvalue weighted by Gasteiger charge is 2.49. The van der Waals surface area contributed by atoms with Crippen molar-refractivity contribution in [1.82, 2.24) is 20.5 Å². The van der Waals surface area contributed by atoms with Gasteiger partial charge in [0.05, 0.1) is 31.1 Å². The number of rotatable bonds is 27. The van der Waals surface area contributed by atoms with Crippen LogP contribution < -0.4 is 26.4 Å². The van der Waals surface area contributed by atoms with Crippen LogP contribution in [0.25, 0.3) is 0 Å². The molecule has 2 aromatic carbocycles. The molecule has 10 N–H and O–H groups in total. The minimum Gasteiger partial charge on any atom is -0.481 e. The lowest BCUT2D eigenvalue weighted by molar-refractivity contribution is -0.942. The molecule has 0 bridgehead atoms. The number of likely N-dealkylation sites (N-methyl/N-ethyl adjacent to an activating group) is 2. The Morgan fingerprint density at radius 1 is 0.911 bits per heavy atom. The Labute approximate surface area is 466 Å². The van der Waals surface area contributed by atoms with Gasteiger partial charge in [0.25, 0.3) is 11.8 Å². The van der Waals surface area contributed by atoms with E-state index in [1.807, 2.05) is 65.1 Å². The van der Waals surface area contributed by atoms with Gasteiger partial charge >= 0.3 is 17.9 Å². The molecule has 0 saturated carbocycles. The number of benzene rings is 2. The number of aliphatic hydroxyl groups excluding tert-OH is 3. The van der Waals surface area contributed by atoms with Crippen LogP contribution in [0.15, 0.2) is 53.9 Å². The van der Waals surface area contributed by atoms with Gasteiger partial charge in [-0.1, -0.05) is 85.2 Å². The number of nitrogens with two attached hydrogens (primary N) is 1. The SMILES string of the molecule is CCC(C)C(NC(=O)[C@H]1CCCC[N+]1(C)Cc1ccc(O[C@@H]2O[C@H](C(=O)O)[C@@H](O)[C@H](O)[C@H]2O)c(NC(=O)CCN)c1)C(=O)N(C)C(CC(OC(=O)C(C)C)c1nc(C(=O)NC(Cc2ccccc2)CC(C)C(=O)O)cs1)C(C)C. The monoisotopic (exact) mass is 1120 g/mol. The maximum atomic E-state index is 15.0. The molecule has 0 spiro atoms. The minimum atomic E-state index is -1.95. The molecular formula is C56H82N7O15S+. The van der Waals surface area contributed by atoms with E-state index in [1.54, 1.807) is 50.2 Å². The Morgan fingerprint density at radius 2 is 1.61 bits per heavy atom. The summed E-state index contributed by atoms with van der Waals surface area (Å²) in [6.07, 6.45) is -7.21. The summed E-state index contributed by atoms with van der Waals surface area (Å²) in [6, 6.07) is 11.5. The molecule has 1 aromatic heterocycles. The summed E-state index contributed by atoms with van der Waals surface area (Å²) in [4.78, 5) is 99.8. The molecule has 436 valence electrons. The number of thiazole rings is 1. The van der Waals surface area contributed by atoms with E-state index >= 15 is 0 Å². The number of carbonyl (C=O) groups is 7. The van der Waals surface area contributed by atoms with Crippen LogP contribution in [0.5, 0.6) is 5.75 Å². The number of piperidine rings is 1. The number of esters is 1. The number of hydrogen-bond donors (Lipinski definition) is 9. The number of ether oxygens (including phenoxy) is 3. The van der Waals surface area contributed by atoms with Gasteiger partial charge in [-0.15, -0.1) is 11.3 Å². The molecule has 79 heavy (non-hydrogen) atoms. The van der Waals surface area contributed by atoms with Crippen molar-refractivity contribution in [3.8, 4) is 5.75 Å². The molecule has 2 fully saturated rings. The molecule has 2 saturated heterocycles. The molecule has 0 aliphatic carbocycles. The second-order valence-corrected chi connectivity index (χ2v) is 22.9. The fourth-order valence-electron chi connectivity index (χ4n) is 10.1. The largest absolute Gasteiger partial charge is 0.481 e. The zero-order valence-corrected chi connectivity index (χ0v) is 47.5. The number of carbonyl (C=O) groups excluding carboxylic acids is 5. The van der Waals surface area contributed by atoms with Crippen molar-refractivity contribution < 1.29 is 77.8 Å². The average Bonchev–Trinajstić information content (AvgIpc) is 4.00. The molecule has 0 radical (unpaired) electrons. The van der Waals surface area contributed by atoms with Crippen molar-refractivity contribution in [2.45, 2.75) is 167 Å². The highest BCUT2D eigenvalue weighted by molar-refractivity contribution is 7.09. The molecular weight excluding hydrogens is 1040 g/mol. The average molecular weight is 1130 g/mol. The topological polar surface area (TPSA) is 327 Å². The fourth-order valence-corrected chi connectivity index (χ4v) is 10.9. The van der Waals surface area contributed by atoms with E-state index in [0.717, 1.165) is 29.7 Å². The van der Waals surface area contributed by atoms with Crippen molar-refractivity contribution in [2.24, 2.45) is 29.4 Å². The number of nitrogens with zero attached hydrogens (tertiary/aromatic N) is 3. The summed E-state index contributed by atoms with van der Waals surface area (Å²) in [5.74, 6) is -6.56. The summed E-state index contributed by atoms with van der Waals surface area (Å²) in [7, 11) is 3.61. The van der Waals surface area contributed by atoms with Gasteiger partial charge < -0.3 is 70.8 Å². The number of aliphatic hydroxyl groups is 3. The van der Waals surface area contributed by atoms with Gasteiger partial charge in [-0.25, -0.2) is 9.78 Å². The van der Waals surface area contributed by atoms with Crippen LogP contribution in [0.3, 0.4) is 0 Å². The first-order chi connectivity index (χ1) is 37.3. The van der Waals surface area contributed by atoms with Gasteiger partial charge in [-0.2, -0.15) is 0 Å². The zero-order valence-electron chi connectivity index (χ0n) is 46.7. The standard InChI is InChI=1S/C56H81N7O15S/c1-10-32(6)44(61-50(69)40-18-14-15-23-63(40,9)28-35-19-20-41(37(26-35)59-43(64)21-22-57)77-56-47(67)45(65)46(66)48(78-56)54(73)74)52(70)62(8)39(30(2)3)27-42(76-55(75)31(4)5)51-60-38(29-79-51)49(68)58-36(24-33(7)53(71)72)25-34-16-12-11-13-17-34/h11-13,16-17,19-20,26,29-33,36,39-40,42,44-48,56,65-67H,10,14-15,18,21-25,27-28,57H2,1-9H3,(H4-,58,59,61,64,68,69,71,72,73,74)/p+1/t32?,33?,36?,39?,40-,42?,44?,45+,46+,47-,48+,56-,63?/m1/s1.